The second-order valence-corrected chi connectivity index (χ2v) is 10.1. The third-order valence-corrected chi connectivity index (χ3v) is 6.48. The van der Waals surface area contributed by atoms with Crippen molar-refractivity contribution in [1.29, 1.82) is 0 Å². The number of nitrogens with zero attached hydrogens (tertiary/aromatic N) is 3. The lowest BCUT2D eigenvalue weighted by Gasteiger charge is -2.21. The molecule has 1 saturated heterocycles. The van der Waals surface area contributed by atoms with Gasteiger partial charge in [-0.15, -0.1) is 0 Å². The average Bonchev–Trinajstić information content (AvgIpc) is 3.40. The summed E-state index contributed by atoms with van der Waals surface area (Å²) in [6.45, 7) is 11.4. The van der Waals surface area contributed by atoms with Gasteiger partial charge in [0.2, 0.25) is 0 Å². The third-order valence-electron chi connectivity index (χ3n) is 5.67. The Balaban J connectivity index is 1.92. The monoisotopic (exact) mass is 490 g/mol. The number of benzene rings is 1. The van der Waals surface area contributed by atoms with Crippen LogP contribution < -0.4 is 10.1 Å². The van der Waals surface area contributed by atoms with Crippen molar-refractivity contribution in [2.24, 2.45) is 0 Å². The number of pyridine rings is 1. The zero-order chi connectivity index (χ0) is 25.1. The smallest absolute Gasteiger partial charge is 0.290 e. The fraction of sp³-hybridized carbons (Fsp3) is 0.333. The first-order valence-corrected chi connectivity index (χ1v) is 12.7. The van der Waals surface area contributed by atoms with Gasteiger partial charge in [0.05, 0.1) is 11.5 Å². The summed E-state index contributed by atoms with van der Waals surface area (Å²) in [5.74, 6) is 1.70. The predicted molar refractivity (Wildman–Crippen MR) is 140 cm³/mol. The summed E-state index contributed by atoms with van der Waals surface area (Å²) in [4.78, 5) is 28.8. The number of rotatable bonds is 8. The number of hydrogen-bond donors (Lipinski definition) is 1. The van der Waals surface area contributed by atoms with E-state index in [2.05, 4.69) is 57.1 Å². The Bertz CT molecular complexity index is 1250. The molecule has 35 heavy (non-hydrogen) atoms. The van der Waals surface area contributed by atoms with E-state index < -0.39 is 5.91 Å². The van der Waals surface area contributed by atoms with Crippen molar-refractivity contribution in [1.82, 2.24) is 20.1 Å². The standard InChI is InChI=1S/C27H30N4O3S/c1-6-11-34-25-20(16(2)3)12-18(13-21(25)17(4)5)24-19(14-22-26(32)29-27(33)35-22)15-31(30-24)23-9-7-8-10-28-23/h7-10,12-17H,6,11H2,1-5H3,(H,29,32,33). The Kier molecular flexibility index (Phi) is 7.40. The number of nitrogens with one attached hydrogen (secondary N) is 1. The normalized spacial score (nSPS) is 14.9. The van der Waals surface area contributed by atoms with Crippen molar-refractivity contribution in [3.8, 4) is 22.8 Å². The molecule has 1 aliphatic heterocycles. The molecule has 182 valence electrons. The van der Waals surface area contributed by atoms with E-state index in [0.29, 0.717) is 23.0 Å². The molecular formula is C27H30N4O3S. The highest BCUT2D eigenvalue weighted by Gasteiger charge is 2.27. The molecule has 7 nitrogen and oxygen atoms in total. The van der Waals surface area contributed by atoms with Gasteiger partial charge in [-0.1, -0.05) is 40.7 Å². The zero-order valence-corrected chi connectivity index (χ0v) is 21.5. The second-order valence-electron chi connectivity index (χ2n) is 9.06. The minimum Gasteiger partial charge on any atom is -0.493 e. The summed E-state index contributed by atoms with van der Waals surface area (Å²) < 4.78 is 7.93. The van der Waals surface area contributed by atoms with Gasteiger partial charge < -0.3 is 4.74 Å². The maximum Gasteiger partial charge on any atom is 0.290 e. The SMILES string of the molecule is CCCOc1c(C(C)C)cc(-c2nn(-c3ccccn3)cc2C=C2SC(=O)NC2=O)cc1C(C)C. The molecule has 0 saturated carbocycles. The minimum atomic E-state index is -0.398. The van der Waals surface area contributed by atoms with E-state index in [-0.39, 0.29) is 17.1 Å². The molecule has 1 aliphatic rings. The molecule has 1 N–H and O–H groups in total. The Labute approximate surface area is 210 Å². The van der Waals surface area contributed by atoms with Crippen molar-refractivity contribution in [3.05, 3.63) is 64.3 Å². The van der Waals surface area contributed by atoms with E-state index in [1.165, 1.54) is 0 Å². The first-order chi connectivity index (χ1) is 16.8. The number of carbonyl (C=O) groups excluding carboxylic acids is 2. The molecule has 2 aromatic heterocycles. The molecular weight excluding hydrogens is 460 g/mol. The fourth-order valence-corrected chi connectivity index (χ4v) is 4.60. The number of hydrogen-bond acceptors (Lipinski definition) is 6. The van der Waals surface area contributed by atoms with Crippen LogP contribution in [0.25, 0.3) is 23.2 Å². The Hall–Kier alpha value is -3.39. The summed E-state index contributed by atoms with van der Waals surface area (Å²) in [5.41, 5.74) is 4.61. The number of amides is 2. The molecule has 4 rings (SSSR count). The number of imide groups is 1. The van der Waals surface area contributed by atoms with Gasteiger partial charge >= 0.3 is 0 Å². The van der Waals surface area contributed by atoms with Crippen LogP contribution >= 0.6 is 11.8 Å². The van der Waals surface area contributed by atoms with E-state index in [1.54, 1.807) is 17.0 Å². The van der Waals surface area contributed by atoms with Crippen molar-refractivity contribution < 1.29 is 14.3 Å². The molecule has 2 amide bonds. The van der Waals surface area contributed by atoms with Gasteiger partial charge in [-0.3, -0.25) is 14.9 Å². The number of thioether (sulfide) groups is 1. The van der Waals surface area contributed by atoms with Crippen LogP contribution in [0.15, 0.2) is 47.6 Å². The lowest BCUT2D eigenvalue weighted by Crippen LogP contribution is -2.17. The van der Waals surface area contributed by atoms with Crippen molar-refractivity contribution in [2.45, 2.75) is 52.9 Å². The minimum absolute atomic E-state index is 0.243. The van der Waals surface area contributed by atoms with Crippen LogP contribution in [-0.2, 0) is 4.79 Å². The molecule has 1 fully saturated rings. The van der Waals surface area contributed by atoms with E-state index in [0.717, 1.165) is 46.2 Å². The van der Waals surface area contributed by atoms with Crippen LogP contribution in [0.3, 0.4) is 0 Å². The van der Waals surface area contributed by atoms with Crippen LogP contribution in [0.1, 0.15) is 69.6 Å². The van der Waals surface area contributed by atoms with Gasteiger partial charge in [0.1, 0.15) is 11.4 Å². The van der Waals surface area contributed by atoms with Crippen LogP contribution in [0.4, 0.5) is 4.79 Å². The van der Waals surface area contributed by atoms with Crippen LogP contribution in [0, 0.1) is 0 Å². The van der Waals surface area contributed by atoms with Gasteiger partial charge in [0, 0.05) is 23.5 Å². The molecule has 3 aromatic rings. The summed E-state index contributed by atoms with van der Waals surface area (Å²) >= 11 is 0.894. The lowest BCUT2D eigenvalue weighted by molar-refractivity contribution is -0.115. The predicted octanol–water partition coefficient (Wildman–Crippen LogP) is 6.29. The second kappa shape index (κ2) is 10.5. The van der Waals surface area contributed by atoms with Gasteiger partial charge in [-0.25, -0.2) is 9.67 Å². The molecule has 0 aliphatic carbocycles. The number of carbonyl (C=O) groups is 2. The zero-order valence-electron chi connectivity index (χ0n) is 20.7. The van der Waals surface area contributed by atoms with Gasteiger partial charge in [0.15, 0.2) is 5.82 Å². The van der Waals surface area contributed by atoms with Crippen molar-refractivity contribution in [3.63, 3.8) is 0 Å². The maximum atomic E-state index is 12.3. The van der Waals surface area contributed by atoms with E-state index in [1.807, 2.05) is 24.4 Å². The van der Waals surface area contributed by atoms with E-state index >= 15 is 0 Å². The van der Waals surface area contributed by atoms with Gasteiger partial charge in [-0.05, 0) is 71.5 Å². The highest BCUT2D eigenvalue weighted by molar-refractivity contribution is 8.18. The van der Waals surface area contributed by atoms with Gasteiger partial charge in [-0.2, -0.15) is 5.10 Å². The molecule has 0 bridgehead atoms. The summed E-state index contributed by atoms with van der Waals surface area (Å²) in [5, 5.41) is 6.82. The van der Waals surface area contributed by atoms with E-state index in [4.69, 9.17) is 9.84 Å². The van der Waals surface area contributed by atoms with Crippen LogP contribution in [0.2, 0.25) is 0 Å². The fourth-order valence-electron chi connectivity index (χ4n) is 3.93. The summed E-state index contributed by atoms with van der Waals surface area (Å²) in [6, 6.07) is 9.87. The molecule has 0 atom stereocenters. The molecule has 1 aromatic carbocycles. The molecule has 0 radical (unpaired) electrons. The van der Waals surface area contributed by atoms with Crippen molar-refractivity contribution >= 4 is 29.0 Å². The largest absolute Gasteiger partial charge is 0.493 e. The first-order valence-electron chi connectivity index (χ1n) is 11.8. The Morgan fingerprint density at radius 3 is 2.37 bits per heavy atom. The Morgan fingerprint density at radius 2 is 1.83 bits per heavy atom. The molecule has 0 unspecified atom stereocenters. The average molecular weight is 491 g/mol. The number of aromatic nitrogens is 3. The first kappa shape index (κ1) is 24.7. The van der Waals surface area contributed by atoms with Gasteiger partial charge in [0.25, 0.3) is 11.1 Å². The lowest BCUT2D eigenvalue weighted by atomic mass is 9.90. The Morgan fingerprint density at radius 1 is 1.11 bits per heavy atom. The summed E-state index contributed by atoms with van der Waals surface area (Å²) in [6.07, 6.45) is 6.20. The third kappa shape index (κ3) is 5.32. The quantitative estimate of drug-likeness (QED) is 0.373. The molecule has 8 heteroatoms. The molecule has 3 heterocycles. The van der Waals surface area contributed by atoms with Crippen LogP contribution in [-0.4, -0.2) is 32.5 Å². The van der Waals surface area contributed by atoms with E-state index in [9.17, 15) is 9.59 Å². The van der Waals surface area contributed by atoms with Crippen LogP contribution in [0.5, 0.6) is 5.75 Å². The summed E-state index contributed by atoms with van der Waals surface area (Å²) in [7, 11) is 0. The highest BCUT2D eigenvalue weighted by atomic mass is 32.2. The maximum absolute atomic E-state index is 12.3. The van der Waals surface area contributed by atoms with Crippen molar-refractivity contribution in [2.75, 3.05) is 6.61 Å². The number of ether oxygens (including phenoxy) is 1. The highest BCUT2D eigenvalue weighted by Crippen LogP contribution is 2.40. The topological polar surface area (TPSA) is 86.1 Å². The molecule has 0 spiro atoms.